The Morgan fingerprint density at radius 2 is 1.37 bits per heavy atom. The molecular formula is C23H18N2O2. The smallest absolute Gasteiger partial charge is 0.266 e. The van der Waals surface area contributed by atoms with Crippen LogP contribution in [0.4, 0.5) is 5.69 Å². The summed E-state index contributed by atoms with van der Waals surface area (Å²) in [5, 5.41) is 12.6. The molecule has 0 heterocycles. The minimum absolute atomic E-state index is 0.0585. The SMILES string of the molecule is COc1ccc(NC(=O)C(C#N)=C(c2ccccc2)c2ccccc2)cc1. The van der Waals surface area contributed by atoms with Crippen molar-refractivity contribution in [2.24, 2.45) is 0 Å². The molecule has 1 amide bonds. The van der Waals surface area contributed by atoms with Gasteiger partial charge in [-0.1, -0.05) is 60.7 Å². The summed E-state index contributed by atoms with van der Waals surface area (Å²) in [4.78, 5) is 12.9. The van der Waals surface area contributed by atoms with Crippen LogP contribution in [0.15, 0.2) is 90.5 Å². The number of nitriles is 1. The molecule has 0 fully saturated rings. The highest BCUT2D eigenvalue weighted by atomic mass is 16.5. The Bertz CT molecular complexity index is 945. The van der Waals surface area contributed by atoms with Crippen LogP contribution in [-0.4, -0.2) is 13.0 Å². The Hall–Kier alpha value is -3.84. The third-order valence-corrected chi connectivity index (χ3v) is 4.06. The second-order valence-corrected chi connectivity index (χ2v) is 5.78. The molecule has 4 heteroatoms. The summed E-state index contributed by atoms with van der Waals surface area (Å²) in [6.07, 6.45) is 0. The van der Waals surface area contributed by atoms with Crippen LogP contribution in [0.5, 0.6) is 5.75 Å². The van der Waals surface area contributed by atoms with Crippen molar-refractivity contribution in [1.29, 1.82) is 5.26 Å². The largest absolute Gasteiger partial charge is 0.497 e. The monoisotopic (exact) mass is 354 g/mol. The third kappa shape index (κ3) is 4.23. The molecule has 4 nitrogen and oxygen atoms in total. The van der Waals surface area contributed by atoms with E-state index < -0.39 is 5.91 Å². The van der Waals surface area contributed by atoms with E-state index >= 15 is 0 Å². The molecular weight excluding hydrogens is 336 g/mol. The highest BCUT2D eigenvalue weighted by molar-refractivity contribution is 6.13. The van der Waals surface area contributed by atoms with E-state index in [2.05, 4.69) is 11.4 Å². The Kier molecular flexibility index (Phi) is 5.66. The van der Waals surface area contributed by atoms with Gasteiger partial charge in [-0.15, -0.1) is 0 Å². The Balaban J connectivity index is 2.04. The number of anilines is 1. The van der Waals surface area contributed by atoms with Crippen LogP contribution in [-0.2, 0) is 4.79 Å². The van der Waals surface area contributed by atoms with Crippen molar-refractivity contribution in [1.82, 2.24) is 0 Å². The molecule has 0 aliphatic heterocycles. The highest BCUT2D eigenvalue weighted by Crippen LogP contribution is 2.27. The van der Waals surface area contributed by atoms with Gasteiger partial charge in [0.2, 0.25) is 0 Å². The van der Waals surface area contributed by atoms with E-state index in [4.69, 9.17) is 4.74 Å². The molecule has 0 aliphatic rings. The van der Waals surface area contributed by atoms with Gasteiger partial charge in [-0.3, -0.25) is 4.79 Å². The lowest BCUT2D eigenvalue weighted by molar-refractivity contribution is -0.112. The van der Waals surface area contributed by atoms with Crippen LogP contribution in [0.1, 0.15) is 11.1 Å². The van der Waals surface area contributed by atoms with E-state index in [1.54, 1.807) is 31.4 Å². The summed E-state index contributed by atoms with van der Waals surface area (Å²) < 4.78 is 5.12. The predicted octanol–water partition coefficient (Wildman–Crippen LogP) is 4.66. The number of nitrogens with one attached hydrogen (secondary N) is 1. The molecule has 3 aromatic rings. The molecule has 0 saturated carbocycles. The zero-order chi connectivity index (χ0) is 19.1. The standard InChI is InChI=1S/C23H18N2O2/c1-27-20-14-12-19(13-15-20)25-23(26)21(16-24)22(17-8-4-2-5-9-17)18-10-6-3-7-11-18/h2-15H,1H3,(H,25,26). The summed E-state index contributed by atoms with van der Waals surface area (Å²) in [7, 11) is 1.58. The number of benzene rings is 3. The van der Waals surface area contributed by atoms with Gasteiger partial charge in [-0.25, -0.2) is 0 Å². The van der Waals surface area contributed by atoms with Gasteiger partial charge in [-0.05, 0) is 35.4 Å². The maximum Gasteiger partial charge on any atom is 0.266 e. The average Bonchev–Trinajstić information content (AvgIpc) is 2.73. The van der Waals surface area contributed by atoms with Crippen LogP contribution in [0.2, 0.25) is 0 Å². The van der Waals surface area contributed by atoms with Gasteiger partial charge in [0.25, 0.3) is 5.91 Å². The van der Waals surface area contributed by atoms with Crippen molar-refractivity contribution in [3.63, 3.8) is 0 Å². The lowest BCUT2D eigenvalue weighted by Gasteiger charge is -2.12. The first-order valence-corrected chi connectivity index (χ1v) is 8.43. The van der Waals surface area contributed by atoms with E-state index in [1.807, 2.05) is 60.7 Å². The molecule has 1 N–H and O–H groups in total. The second kappa shape index (κ2) is 8.50. The van der Waals surface area contributed by atoms with Crippen LogP contribution >= 0.6 is 0 Å². The van der Waals surface area contributed by atoms with Crippen LogP contribution in [0, 0.1) is 11.3 Å². The molecule has 0 unspecified atom stereocenters. The number of carbonyl (C=O) groups is 1. The highest BCUT2D eigenvalue weighted by Gasteiger charge is 2.18. The number of hydrogen-bond acceptors (Lipinski definition) is 3. The topological polar surface area (TPSA) is 62.1 Å². The molecule has 3 aromatic carbocycles. The maximum absolute atomic E-state index is 12.9. The molecule has 0 aromatic heterocycles. The quantitative estimate of drug-likeness (QED) is 0.535. The summed E-state index contributed by atoms with van der Waals surface area (Å²) >= 11 is 0. The van der Waals surface area contributed by atoms with E-state index in [1.165, 1.54) is 0 Å². The second-order valence-electron chi connectivity index (χ2n) is 5.78. The molecule has 27 heavy (non-hydrogen) atoms. The minimum atomic E-state index is -0.453. The van der Waals surface area contributed by atoms with Crippen molar-refractivity contribution < 1.29 is 9.53 Å². The predicted molar refractivity (Wildman–Crippen MR) is 106 cm³/mol. The fraction of sp³-hybridized carbons (Fsp3) is 0.0435. The number of hydrogen-bond donors (Lipinski definition) is 1. The van der Waals surface area contributed by atoms with E-state index in [9.17, 15) is 10.1 Å². The average molecular weight is 354 g/mol. The van der Waals surface area contributed by atoms with Gasteiger partial charge in [-0.2, -0.15) is 5.26 Å². The zero-order valence-electron chi connectivity index (χ0n) is 14.8. The van der Waals surface area contributed by atoms with Gasteiger partial charge in [0.15, 0.2) is 0 Å². The number of nitrogens with zero attached hydrogens (tertiary/aromatic N) is 1. The molecule has 0 radical (unpaired) electrons. The fourth-order valence-electron chi connectivity index (χ4n) is 2.75. The molecule has 132 valence electrons. The number of methoxy groups -OCH3 is 1. The molecule has 0 bridgehead atoms. The number of ether oxygens (including phenoxy) is 1. The van der Waals surface area contributed by atoms with E-state index in [0.29, 0.717) is 17.0 Å². The van der Waals surface area contributed by atoms with Gasteiger partial charge in [0, 0.05) is 11.3 Å². The fourth-order valence-corrected chi connectivity index (χ4v) is 2.75. The maximum atomic E-state index is 12.9. The first-order chi connectivity index (χ1) is 13.2. The summed E-state index contributed by atoms with van der Waals surface area (Å²) in [5.41, 5.74) is 2.87. The Morgan fingerprint density at radius 1 is 0.852 bits per heavy atom. The van der Waals surface area contributed by atoms with Gasteiger partial charge >= 0.3 is 0 Å². The summed E-state index contributed by atoms with van der Waals surface area (Å²) in [5.74, 6) is 0.240. The molecule has 0 spiro atoms. The van der Waals surface area contributed by atoms with Crippen molar-refractivity contribution in [3.05, 3.63) is 102 Å². The number of rotatable bonds is 5. The molecule has 0 aliphatic carbocycles. The Labute approximate surface area is 158 Å². The van der Waals surface area contributed by atoms with Gasteiger partial charge in [0.05, 0.1) is 7.11 Å². The van der Waals surface area contributed by atoms with Crippen LogP contribution in [0.25, 0.3) is 5.57 Å². The van der Waals surface area contributed by atoms with Crippen molar-refractivity contribution in [3.8, 4) is 11.8 Å². The van der Waals surface area contributed by atoms with E-state index in [-0.39, 0.29) is 5.57 Å². The zero-order valence-corrected chi connectivity index (χ0v) is 14.8. The van der Waals surface area contributed by atoms with Crippen LogP contribution < -0.4 is 10.1 Å². The minimum Gasteiger partial charge on any atom is -0.497 e. The molecule has 0 atom stereocenters. The summed E-state index contributed by atoms with van der Waals surface area (Å²) in [6, 6.07) is 27.9. The van der Waals surface area contributed by atoms with E-state index in [0.717, 1.165) is 11.1 Å². The first-order valence-electron chi connectivity index (χ1n) is 8.43. The lowest BCUT2D eigenvalue weighted by atomic mass is 9.93. The summed E-state index contributed by atoms with van der Waals surface area (Å²) in [6.45, 7) is 0. The van der Waals surface area contributed by atoms with Gasteiger partial charge < -0.3 is 10.1 Å². The van der Waals surface area contributed by atoms with Gasteiger partial charge in [0.1, 0.15) is 17.4 Å². The molecule has 3 rings (SSSR count). The lowest BCUT2D eigenvalue weighted by Crippen LogP contribution is -2.15. The third-order valence-electron chi connectivity index (χ3n) is 4.06. The van der Waals surface area contributed by atoms with Crippen molar-refractivity contribution in [2.75, 3.05) is 12.4 Å². The normalized spacial score (nSPS) is 9.78. The van der Waals surface area contributed by atoms with Crippen LogP contribution in [0.3, 0.4) is 0 Å². The van der Waals surface area contributed by atoms with Crippen molar-refractivity contribution in [2.45, 2.75) is 0 Å². The van der Waals surface area contributed by atoms with Crippen molar-refractivity contribution >= 4 is 17.2 Å². The number of amides is 1. The Morgan fingerprint density at radius 3 is 1.81 bits per heavy atom. The molecule has 0 saturated heterocycles. The number of carbonyl (C=O) groups excluding carboxylic acids is 1. The first kappa shape index (κ1) is 18.0.